The van der Waals surface area contributed by atoms with E-state index in [0.29, 0.717) is 13.0 Å². The Morgan fingerprint density at radius 1 is 1.10 bits per heavy atom. The predicted molar refractivity (Wildman–Crippen MR) is 85.4 cm³/mol. The summed E-state index contributed by atoms with van der Waals surface area (Å²) in [6.45, 7) is 4.82. The van der Waals surface area contributed by atoms with Crippen molar-refractivity contribution in [3.8, 4) is 5.75 Å². The summed E-state index contributed by atoms with van der Waals surface area (Å²) in [4.78, 5) is 0. The lowest BCUT2D eigenvalue weighted by atomic mass is 10.1. The van der Waals surface area contributed by atoms with E-state index in [1.807, 2.05) is 43.3 Å². The second-order valence-electron chi connectivity index (χ2n) is 5.19. The molecule has 0 heterocycles. The maximum atomic E-state index is 13.7. The first-order valence-electron chi connectivity index (χ1n) is 7.42. The summed E-state index contributed by atoms with van der Waals surface area (Å²) in [5.74, 6) is 0.696. The zero-order valence-corrected chi connectivity index (χ0v) is 12.6. The molecular weight excluding hydrogens is 265 g/mol. The highest BCUT2D eigenvalue weighted by Gasteiger charge is 2.10. The van der Waals surface area contributed by atoms with Gasteiger partial charge >= 0.3 is 0 Å². The topological polar surface area (TPSA) is 21.3 Å². The van der Waals surface area contributed by atoms with Crippen molar-refractivity contribution < 1.29 is 9.13 Å². The number of halogens is 1. The van der Waals surface area contributed by atoms with E-state index in [9.17, 15) is 4.39 Å². The highest BCUT2D eigenvalue weighted by Crippen LogP contribution is 2.25. The summed E-state index contributed by atoms with van der Waals surface area (Å²) in [5.41, 5.74) is 1.68. The third-order valence-electron chi connectivity index (χ3n) is 3.23. The largest absolute Gasteiger partial charge is 0.491 e. The Hall–Kier alpha value is -2.03. The van der Waals surface area contributed by atoms with Crippen LogP contribution < -0.4 is 10.1 Å². The molecule has 0 amide bonds. The number of para-hydroxylation sites is 2. The molecule has 1 atom stereocenters. The van der Waals surface area contributed by atoms with Gasteiger partial charge < -0.3 is 10.1 Å². The van der Waals surface area contributed by atoms with Crippen molar-refractivity contribution in [1.82, 2.24) is 0 Å². The maximum absolute atomic E-state index is 13.7. The number of ether oxygens (including phenoxy) is 1. The maximum Gasteiger partial charge on any atom is 0.142 e. The van der Waals surface area contributed by atoms with Gasteiger partial charge in [-0.15, -0.1) is 0 Å². The molecule has 0 aliphatic heterocycles. The first-order valence-corrected chi connectivity index (χ1v) is 7.42. The van der Waals surface area contributed by atoms with Crippen LogP contribution in [0.5, 0.6) is 5.75 Å². The molecule has 0 bridgehead atoms. The zero-order valence-electron chi connectivity index (χ0n) is 12.6. The molecule has 2 rings (SSSR count). The molecule has 0 spiro atoms. The van der Waals surface area contributed by atoms with E-state index in [2.05, 4.69) is 12.2 Å². The highest BCUT2D eigenvalue weighted by molar-refractivity contribution is 5.56. The normalized spacial score (nSPS) is 12.0. The van der Waals surface area contributed by atoms with Gasteiger partial charge in [0.15, 0.2) is 0 Å². The molecule has 21 heavy (non-hydrogen) atoms. The summed E-state index contributed by atoms with van der Waals surface area (Å²) in [7, 11) is 0. The lowest BCUT2D eigenvalue weighted by Crippen LogP contribution is -2.19. The van der Waals surface area contributed by atoms with E-state index >= 15 is 0 Å². The SMILES string of the molecule is CCCOc1ccccc1NC(C)Cc1ccccc1F. The Bertz CT molecular complexity index is 571. The third kappa shape index (κ3) is 4.48. The minimum atomic E-state index is -0.151. The fraction of sp³-hybridized carbons (Fsp3) is 0.333. The monoisotopic (exact) mass is 287 g/mol. The van der Waals surface area contributed by atoms with Crippen molar-refractivity contribution in [3.05, 3.63) is 59.9 Å². The van der Waals surface area contributed by atoms with Crippen LogP contribution in [0.1, 0.15) is 25.8 Å². The Morgan fingerprint density at radius 2 is 1.81 bits per heavy atom. The van der Waals surface area contributed by atoms with E-state index in [-0.39, 0.29) is 11.9 Å². The molecule has 0 saturated carbocycles. The Kier molecular flexibility index (Phi) is 5.61. The Balaban J connectivity index is 2.02. The van der Waals surface area contributed by atoms with Crippen LogP contribution in [0.2, 0.25) is 0 Å². The average Bonchev–Trinajstić information content (AvgIpc) is 2.49. The molecular formula is C18H22FNO. The summed E-state index contributed by atoms with van der Waals surface area (Å²) < 4.78 is 19.4. The van der Waals surface area contributed by atoms with Gasteiger partial charge in [0.2, 0.25) is 0 Å². The van der Waals surface area contributed by atoms with Gasteiger partial charge in [0.1, 0.15) is 11.6 Å². The van der Waals surface area contributed by atoms with Gasteiger partial charge in [-0.05, 0) is 43.5 Å². The minimum Gasteiger partial charge on any atom is -0.491 e. The fourth-order valence-corrected chi connectivity index (χ4v) is 2.23. The molecule has 1 N–H and O–H groups in total. The third-order valence-corrected chi connectivity index (χ3v) is 3.23. The van der Waals surface area contributed by atoms with Gasteiger partial charge in [-0.1, -0.05) is 37.3 Å². The van der Waals surface area contributed by atoms with Gasteiger partial charge in [-0.25, -0.2) is 4.39 Å². The van der Waals surface area contributed by atoms with Crippen LogP contribution in [-0.2, 0) is 6.42 Å². The lowest BCUT2D eigenvalue weighted by Gasteiger charge is -2.18. The molecule has 0 aliphatic rings. The van der Waals surface area contributed by atoms with Crippen molar-refractivity contribution >= 4 is 5.69 Å². The van der Waals surface area contributed by atoms with Crippen molar-refractivity contribution in [1.29, 1.82) is 0 Å². The molecule has 1 unspecified atom stereocenters. The first kappa shape index (κ1) is 15.4. The molecule has 2 nitrogen and oxygen atoms in total. The number of hydrogen-bond acceptors (Lipinski definition) is 2. The van der Waals surface area contributed by atoms with Crippen LogP contribution in [0, 0.1) is 5.82 Å². The molecule has 0 aliphatic carbocycles. The summed E-state index contributed by atoms with van der Waals surface area (Å²) in [6, 6.07) is 14.9. The van der Waals surface area contributed by atoms with Gasteiger partial charge in [0, 0.05) is 6.04 Å². The molecule has 2 aromatic carbocycles. The van der Waals surface area contributed by atoms with Crippen molar-refractivity contribution in [2.75, 3.05) is 11.9 Å². The van der Waals surface area contributed by atoms with Crippen molar-refractivity contribution in [2.45, 2.75) is 32.7 Å². The van der Waals surface area contributed by atoms with Gasteiger partial charge in [-0.3, -0.25) is 0 Å². The van der Waals surface area contributed by atoms with E-state index in [1.165, 1.54) is 6.07 Å². The van der Waals surface area contributed by atoms with Crippen molar-refractivity contribution in [2.24, 2.45) is 0 Å². The van der Waals surface area contributed by atoms with Gasteiger partial charge in [-0.2, -0.15) is 0 Å². The lowest BCUT2D eigenvalue weighted by molar-refractivity contribution is 0.318. The standard InChI is InChI=1S/C18H22FNO/c1-3-12-21-18-11-7-6-10-17(18)20-14(2)13-15-8-4-5-9-16(15)19/h4-11,14,20H,3,12-13H2,1-2H3. The summed E-state index contributed by atoms with van der Waals surface area (Å²) in [6.07, 6.45) is 1.61. The average molecular weight is 287 g/mol. The fourth-order valence-electron chi connectivity index (χ4n) is 2.23. The van der Waals surface area contributed by atoms with Crippen LogP contribution in [0.4, 0.5) is 10.1 Å². The molecule has 112 valence electrons. The van der Waals surface area contributed by atoms with Crippen molar-refractivity contribution in [3.63, 3.8) is 0 Å². The number of rotatable bonds is 7. The van der Waals surface area contributed by atoms with E-state index in [4.69, 9.17) is 4.74 Å². The molecule has 0 fully saturated rings. The van der Waals surface area contributed by atoms with E-state index < -0.39 is 0 Å². The summed E-state index contributed by atoms with van der Waals surface area (Å²) in [5, 5.41) is 3.40. The number of benzene rings is 2. The quantitative estimate of drug-likeness (QED) is 0.800. The van der Waals surface area contributed by atoms with Crippen LogP contribution in [0.3, 0.4) is 0 Å². The minimum absolute atomic E-state index is 0.119. The second kappa shape index (κ2) is 7.67. The number of nitrogens with one attached hydrogen (secondary N) is 1. The Morgan fingerprint density at radius 3 is 2.57 bits per heavy atom. The highest BCUT2D eigenvalue weighted by atomic mass is 19.1. The molecule has 0 radical (unpaired) electrons. The smallest absolute Gasteiger partial charge is 0.142 e. The Labute approximate surface area is 126 Å². The van der Waals surface area contributed by atoms with E-state index in [1.54, 1.807) is 6.07 Å². The summed E-state index contributed by atoms with van der Waals surface area (Å²) >= 11 is 0. The number of hydrogen-bond donors (Lipinski definition) is 1. The van der Waals surface area contributed by atoms with Gasteiger partial charge in [0.25, 0.3) is 0 Å². The van der Waals surface area contributed by atoms with Crippen LogP contribution in [-0.4, -0.2) is 12.6 Å². The molecule has 2 aromatic rings. The van der Waals surface area contributed by atoms with E-state index in [0.717, 1.165) is 23.4 Å². The van der Waals surface area contributed by atoms with Gasteiger partial charge in [0.05, 0.1) is 12.3 Å². The zero-order chi connectivity index (χ0) is 15.1. The van der Waals surface area contributed by atoms with Crippen LogP contribution in [0.25, 0.3) is 0 Å². The molecule has 0 aromatic heterocycles. The number of anilines is 1. The molecule has 3 heteroatoms. The molecule has 0 saturated heterocycles. The first-order chi connectivity index (χ1) is 10.2. The van der Waals surface area contributed by atoms with Crippen LogP contribution in [0.15, 0.2) is 48.5 Å². The predicted octanol–water partition coefficient (Wildman–Crippen LogP) is 4.66. The van der Waals surface area contributed by atoms with Crippen LogP contribution >= 0.6 is 0 Å². The second-order valence-corrected chi connectivity index (χ2v) is 5.19.